The van der Waals surface area contributed by atoms with E-state index in [0.29, 0.717) is 0 Å². The van der Waals surface area contributed by atoms with Gasteiger partial charge in [0, 0.05) is 6.20 Å². The molecule has 0 spiro atoms. The van der Waals surface area contributed by atoms with E-state index in [4.69, 9.17) is 0 Å². The van der Waals surface area contributed by atoms with Crippen LogP contribution in [0.2, 0.25) is 0 Å². The molecule has 0 unspecified atom stereocenters. The van der Waals surface area contributed by atoms with E-state index in [1.807, 2.05) is 0 Å². The Morgan fingerprint density at radius 1 is 1.71 bits per heavy atom. The summed E-state index contributed by atoms with van der Waals surface area (Å²) in [4.78, 5) is 11.1. The predicted molar refractivity (Wildman–Crippen MR) is 44.2 cm³/mol. The summed E-state index contributed by atoms with van der Waals surface area (Å²) < 4.78 is 29.5. The molecule has 1 aromatic heterocycles. The summed E-state index contributed by atoms with van der Waals surface area (Å²) in [7, 11) is 0. The van der Waals surface area contributed by atoms with Gasteiger partial charge in [-0.05, 0) is 13.0 Å². The molecule has 0 radical (unpaired) electrons. The van der Waals surface area contributed by atoms with Crippen LogP contribution in [0.15, 0.2) is 12.3 Å². The maximum absolute atomic E-state index is 11.9. The first-order valence-electron chi connectivity index (χ1n) is 4.12. The Bertz CT molecular complexity index is 312. The summed E-state index contributed by atoms with van der Waals surface area (Å²) in [6.07, 6.45) is -1.16. The molecule has 0 aliphatic heterocycles. The van der Waals surface area contributed by atoms with E-state index >= 15 is 0 Å². The lowest BCUT2D eigenvalue weighted by Gasteiger charge is -1.99. The second-order valence-electron chi connectivity index (χ2n) is 2.53. The van der Waals surface area contributed by atoms with E-state index in [2.05, 4.69) is 9.84 Å². The van der Waals surface area contributed by atoms with Crippen LogP contribution in [0.4, 0.5) is 8.78 Å². The van der Waals surface area contributed by atoms with Crippen molar-refractivity contribution in [3.8, 4) is 0 Å². The Morgan fingerprint density at radius 3 is 3.00 bits per heavy atom. The Hall–Kier alpha value is -1.46. The van der Waals surface area contributed by atoms with Gasteiger partial charge in [-0.25, -0.2) is 13.6 Å². The number of carbonyl (C=O) groups excluding carboxylic acids is 1. The molecule has 14 heavy (non-hydrogen) atoms. The molecular weight excluding hydrogens is 194 g/mol. The van der Waals surface area contributed by atoms with Crippen molar-refractivity contribution in [1.29, 1.82) is 0 Å². The van der Waals surface area contributed by atoms with Crippen LogP contribution in [-0.4, -0.2) is 28.8 Å². The van der Waals surface area contributed by atoms with Gasteiger partial charge >= 0.3 is 5.97 Å². The maximum Gasteiger partial charge on any atom is 0.358 e. The molecule has 1 heterocycles. The summed E-state index contributed by atoms with van der Waals surface area (Å²) in [5, 5.41) is 3.63. The molecule has 1 aromatic rings. The van der Waals surface area contributed by atoms with Crippen LogP contribution >= 0.6 is 0 Å². The SMILES string of the molecule is CCOC(=O)c1ccn(CC(F)F)n1. The van der Waals surface area contributed by atoms with Gasteiger partial charge in [-0.1, -0.05) is 0 Å². The first-order chi connectivity index (χ1) is 6.63. The van der Waals surface area contributed by atoms with E-state index in [-0.39, 0.29) is 12.3 Å². The first kappa shape index (κ1) is 10.6. The van der Waals surface area contributed by atoms with E-state index in [0.717, 1.165) is 4.68 Å². The van der Waals surface area contributed by atoms with Gasteiger partial charge in [0.1, 0.15) is 6.54 Å². The lowest BCUT2D eigenvalue weighted by atomic mass is 10.4. The van der Waals surface area contributed by atoms with Crippen molar-refractivity contribution in [1.82, 2.24) is 9.78 Å². The number of rotatable bonds is 4. The monoisotopic (exact) mass is 204 g/mol. The average Bonchev–Trinajstić information content (AvgIpc) is 2.52. The highest BCUT2D eigenvalue weighted by Gasteiger charge is 2.11. The fourth-order valence-corrected chi connectivity index (χ4v) is 0.919. The Kier molecular flexibility index (Phi) is 3.55. The van der Waals surface area contributed by atoms with Gasteiger partial charge in [0.2, 0.25) is 0 Å². The number of carbonyl (C=O) groups is 1. The molecule has 0 aliphatic rings. The molecule has 6 heteroatoms. The molecule has 4 nitrogen and oxygen atoms in total. The molecule has 78 valence electrons. The van der Waals surface area contributed by atoms with Gasteiger partial charge in [0.25, 0.3) is 6.43 Å². The van der Waals surface area contributed by atoms with Crippen molar-refractivity contribution in [2.45, 2.75) is 19.9 Å². The van der Waals surface area contributed by atoms with E-state index in [1.165, 1.54) is 12.3 Å². The fourth-order valence-electron chi connectivity index (χ4n) is 0.919. The highest BCUT2D eigenvalue weighted by atomic mass is 19.3. The van der Waals surface area contributed by atoms with Crippen LogP contribution in [0.1, 0.15) is 17.4 Å². The molecule has 0 amide bonds. The number of halogens is 2. The molecule has 0 aromatic carbocycles. The minimum absolute atomic E-state index is 0.0486. The lowest BCUT2D eigenvalue weighted by Crippen LogP contribution is -2.10. The van der Waals surface area contributed by atoms with Crippen molar-refractivity contribution in [3.05, 3.63) is 18.0 Å². The predicted octanol–water partition coefficient (Wildman–Crippen LogP) is 1.32. The number of esters is 1. The maximum atomic E-state index is 11.9. The van der Waals surface area contributed by atoms with Crippen molar-refractivity contribution in [2.75, 3.05) is 6.61 Å². The molecule has 0 fully saturated rings. The number of aromatic nitrogens is 2. The molecular formula is C8H10F2N2O2. The van der Waals surface area contributed by atoms with Crippen molar-refractivity contribution >= 4 is 5.97 Å². The number of nitrogens with zero attached hydrogens (tertiary/aromatic N) is 2. The molecule has 0 saturated carbocycles. The van der Waals surface area contributed by atoms with Crippen LogP contribution in [0, 0.1) is 0 Å². The standard InChI is InChI=1S/C8H10F2N2O2/c1-2-14-8(13)6-3-4-12(11-6)5-7(9)10/h3-4,7H,2,5H2,1H3. The summed E-state index contributed by atoms with van der Waals surface area (Å²) in [5.41, 5.74) is 0.0486. The molecule has 0 saturated heterocycles. The quantitative estimate of drug-likeness (QED) is 0.695. The lowest BCUT2D eigenvalue weighted by molar-refractivity contribution is 0.0516. The van der Waals surface area contributed by atoms with Gasteiger partial charge in [-0.2, -0.15) is 5.10 Å². The van der Waals surface area contributed by atoms with E-state index in [1.54, 1.807) is 6.92 Å². The summed E-state index contributed by atoms with van der Waals surface area (Å²) in [6, 6.07) is 1.35. The summed E-state index contributed by atoms with van der Waals surface area (Å²) in [5.74, 6) is -0.597. The smallest absolute Gasteiger partial charge is 0.358 e. The van der Waals surface area contributed by atoms with Crippen molar-refractivity contribution in [3.63, 3.8) is 0 Å². The Labute approximate surface area is 79.5 Å². The zero-order chi connectivity index (χ0) is 10.6. The number of hydrogen-bond acceptors (Lipinski definition) is 3. The molecule has 0 N–H and O–H groups in total. The number of alkyl halides is 2. The van der Waals surface area contributed by atoms with Crippen LogP contribution < -0.4 is 0 Å². The Morgan fingerprint density at radius 2 is 2.43 bits per heavy atom. The molecule has 1 rings (SSSR count). The second-order valence-corrected chi connectivity index (χ2v) is 2.53. The van der Waals surface area contributed by atoms with Crippen LogP contribution in [0.25, 0.3) is 0 Å². The fraction of sp³-hybridized carbons (Fsp3) is 0.500. The van der Waals surface area contributed by atoms with Gasteiger partial charge in [0.15, 0.2) is 5.69 Å². The third kappa shape index (κ3) is 2.79. The van der Waals surface area contributed by atoms with Crippen molar-refractivity contribution in [2.24, 2.45) is 0 Å². The third-order valence-corrected chi connectivity index (χ3v) is 1.45. The van der Waals surface area contributed by atoms with Crippen LogP contribution in [-0.2, 0) is 11.3 Å². The Balaban J connectivity index is 2.63. The van der Waals surface area contributed by atoms with Crippen LogP contribution in [0.3, 0.4) is 0 Å². The highest BCUT2D eigenvalue weighted by Crippen LogP contribution is 2.01. The minimum Gasteiger partial charge on any atom is -0.461 e. The zero-order valence-electron chi connectivity index (χ0n) is 7.61. The molecule has 0 atom stereocenters. The average molecular weight is 204 g/mol. The minimum atomic E-state index is -2.48. The highest BCUT2D eigenvalue weighted by molar-refractivity contribution is 5.86. The number of ether oxygens (including phenoxy) is 1. The number of hydrogen-bond donors (Lipinski definition) is 0. The van der Waals surface area contributed by atoms with Gasteiger partial charge in [0.05, 0.1) is 6.61 Å². The van der Waals surface area contributed by atoms with E-state index < -0.39 is 18.9 Å². The van der Waals surface area contributed by atoms with Crippen LogP contribution in [0.5, 0.6) is 0 Å². The zero-order valence-corrected chi connectivity index (χ0v) is 7.61. The van der Waals surface area contributed by atoms with Crippen molar-refractivity contribution < 1.29 is 18.3 Å². The second kappa shape index (κ2) is 4.69. The third-order valence-electron chi connectivity index (χ3n) is 1.45. The van der Waals surface area contributed by atoms with Gasteiger partial charge in [-0.15, -0.1) is 0 Å². The van der Waals surface area contributed by atoms with Gasteiger partial charge < -0.3 is 4.74 Å². The molecule has 0 bridgehead atoms. The summed E-state index contributed by atoms with van der Waals surface area (Å²) >= 11 is 0. The normalized spacial score (nSPS) is 10.6. The van der Waals surface area contributed by atoms with E-state index in [9.17, 15) is 13.6 Å². The van der Waals surface area contributed by atoms with Gasteiger partial charge in [-0.3, -0.25) is 4.68 Å². The largest absolute Gasteiger partial charge is 0.461 e. The topological polar surface area (TPSA) is 44.1 Å². The first-order valence-corrected chi connectivity index (χ1v) is 4.12. The molecule has 0 aliphatic carbocycles. The summed E-state index contributed by atoms with van der Waals surface area (Å²) in [6.45, 7) is 1.38.